The summed E-state index contributed by atoms with van der Waals surface area (Å²) in [5.74, 6) is 0.650. The van der Waals surface area contributed by atoms with Crippen molar-refractivity contribution in [3.05, 3.63) is 51.9 Å². The van der Waals surface area contributed by atoms with Crippen LogP contribution < -0.4 is 15.4 Å². The normalized spacial score (nSPS) is 11.2. The maximum atomic E-state index is 12.8. The number of rotatable bonds is 14. The maximum absolute atomic E-state index is 12.8. The van der Waals surface area contributed by atoms with Crippen LogP contribution in [-0.4, -0.2) is 63.2 Å². The minimum atomic E-state index is -0.479. The summed E-state index contributed by atoms with van der Waals surface area (Å²) in [6, 6.07) is 9.17. The molecule has 12 heteroatoms. The summed E-state index contributed by atoms with van der Waals surface area (Å²) in [5, 5.41) is 12.9. The summed E-state index contributed by atoms with van der Waals surface area (Å²) in [4.78, 5) is 32.0. The fraction of sp³-hybridized carbons (Fsp3) is 0.414. The first-order valence-electron chi connectivity index (χ1n) is 13.8. The third kappa shape index (κ3) is 8.57. The molecule has 0 aliphatic heterocycles. The summed E-state index contributed by atoms with van der Waals surface area (Å²) in [7, 11) is 3.99. The van der Waals surface area contributed by atoms with Crippen molar-refractivity contribution in [2.45, 2.75) is 52.0 Å². The van der Waals surface area contributed by atoms with E-state index in [2.05, 4.69) is 42.8 Å². The Balaban J connectivity index is 1.53. The van der Waals surface area contributed by atoms with Gasteiger partial charge in [-0.05, 0) is 91.3 Å². The van der Waals surface area contributed by atoms with Gasteiger partial charge in [0.1, 0.15) is 5.75 Å². The molecule has 218 valence electrons. The Morgan fingerprint density at radius 1 is 1.10 bits per heavy atom. The predicted molar refractivity (Wildman–Crippen MR) is 167 cm³/mol. The Morgan fingerprint density at radius 2 is 1.88 bits per heavy atom. The molecule has 10 nitrogen and oxygen atoms in total. The molecule has 0 saturated carbocycles. The Morgan fingerprint density at radius 3 is 2.59 bits per heavy atom. The van der Waals surface area contributed by atoms with Gasteiger partial charge in [0.25, 0.3) is 5.91 Å². The zero-order chi connectivity index (χ0) is 29.2. The molecule has 4 aromatic rings. The number of aryl methyl sites for hydroxylation is 1. The van der Waals surface area contributed by atoms with Crippen molar-refractivity contribution in [1.29, 1.82) is 0 Å². The lowest BCUT2D eigenvalue weighted by Crippen LogP contribution is -2.29. The van der Waals surface area contributed by atoms with Gasteiger partial charge in [-0.15, -0.1) is 0 Å². The van der Waals surface area contributed by atoms with Gasteiger partial charge < -0.3 is 20.3 Å². The van der Waals surface area contributed by atoms with Crippen LogP contribution in [0.4, 0.5) is 10.6 Å². The largest absolute Gasteiger partial charge is 0.412 e. The van der Waals surface area contributed by atoms with Crippen LogP contribution in [0.3, 0.4) is 0 Å². The quantitative estimate of drug-likeness (QED) is 0.149. The number of anilines is 1. The molecule has 0 radical (unpaired) electrons. The summed E-state index contributed by atoms with van der Waals surface area (Å²) < 4.78 is 12.1. The number of hydrogen-bond acceptors (Lipinski definition) is 8. The molecular weight excluding hydrogens is 606 g/mol. The van der Waals surface area contributed by atoms with E-state index in [1.807, 2.05) is 37.0 Å². The van der Waals surface area contributed by atoms with Crippen LogP contribution in [0.1, 0.15) is 55.8 Å². The van der Waals surface area contributed by atoms with Gasteiger partial charge in [0.05, 0.1) is 22.8 Å². The Kier molecular flexibility index (Phi) is 11.2. The van der Waals surface area contributed by atoms with E-state index < -0.39 is 6.09 Å². The van der Waals surface area contributed by atoms with E-state index >= 15 is 0 Å². The number of carbonyl (C=O) groups excluding carboxylic acids is 2. The molecule has 0 spiro atoms. The highest BCUT2D eigenvalue weighted by Gasteiger charge is 2.19. The number of pyridine rings is 1. The molecule has 0 fully saturated rings. The van der Waals surface area contributed by atoms with Gasteiger partial charge in [-0.1, -0.05) is 32.6 Å². The zero-order valence-corrected chi connectivity index (χ0v) is 26.1. The van der Waals surface area contributed by atoms with Crippen molar-refractivity contribution in [1.82, 2.24) is 29.4 Å². The number of ether oxygens (including phenoxy) is 1. The molecule has 4 rings (SSSR count). The molecule has 3 aromatic heterocycles. The van der Waals surface area contributed by atoms with Gasteiger partial charge in [0, 0.05) is 28.5 Å². The number of fused-ring (bicyclic) bond motifs is 1. The van der Waals surface area contributed by atoms with Crippen molar-refractivity contribution in [2.24, 2.45) is 0 Å². The van der Waals surface area contributed by atoms with E-state index in [0.29, 0.717) is 35.9 Å². The smallest absolute Gasteiger partial charge is 0.410 e. The van der Waals surface area contributed by atoms with Crippen LogP contribution >= 0.6 is 27.5 Å². The average molecular weight is 643 g/mol. The van der Waals surface area contributed by atoms with Crippen LogP contribution in [0.25, 0.3) is 22.3 Å². The van der Waals surface area contributed by atoms with Gasteiger partial charge in [0.2, 0.25) is 0 Å². The molecule has 0 aliphatic carbocycles. The number of nitrogens with one attached hydrogen (secondary N) is 2. The summed E-state index contributed by atoms with van der Waals surface area (Å²) in [6.45, 7) is 4.33. The first kappa shape index (κ1) is 30.6. The fourth-order valence-corrected chi connectivity index (χ4v) is 5.36. The highest BCUT2D eigenvalue weighted by atomic mass is 79.9. The number of unbranched alkanes of at least 4 members (excludes halogenated alkanes) is 4. The van der Waals surface area contributed by atoms with Crippen LogP contribution in [-0.2, 0) is 6.54 Å². The molecule has 0 bridgehead atoms. The third-order valence-electron chi connectivity index (χ3n) is 6.47. The molecule has 1 aromatic carbocycles. The minimum absolute atomic E-state index is 0.259. The number of hydrogen-bond donors (Lipinski definition) is 2. The zero-order valence-electron chi connectivity index (χ0n) is 23.7. The average Bonchev–Trinajstić information content (AvgIpc) is 3.60. The molecule has 0 unspecified atom stereocenters. The number of amides is 2. The van der Waals surface area contributed by atoms with Gasteiger partial charge >= 0.3 is 6.09 Å². The van der Waals surface area contributed by atoms with Gasteiger partial charge in [-0.3, -0.25) is 4.79 Å². The van der Waals surface area contributed by atoms with Gasteiger partial charge in [-0.2, -0.15) is 5.10 Å². The molecule has 0 atom stereocenters. The van der Waals surface area contributed by atoms with E-state index in [1.165, 1.54) is 30.8 Å². The lowest BCUT2D eigenvalue weighted by atomic mass is 10.1. The van der Waals surface area contributed by atoms with Crippen molar-refractivity contribution >= 4 is 56.3 Å². The van der Waals surface area contributed by atoms with Crippen molar-refractivity contribution < 1.29 is 14.3 Å². The number of nitrogens with zero attached hydrogens (tertiary/aromatic N) is 5. The first-order chi connectivity index (χ1) is 19.9. The van der Waals surface area contributed by atoms with E-state index in [1.54, 1.807) is 23.7 Å². The number of benzene rings is 1. The number of carbonyl (C=O) groups is 2. The van der Waals surface area contributed by atoms with Crippen LogP contribution in [0.15, 0.2) is 46.4 Å². The van der Waals surface area contributed by atoms with E-state index in [9.17, 15) is 9.59 Å². The highest BCUT2D eigenvalue weighted by molar-refractivity contribution is 9.10. The molecular formula is C29H36BrN7O3S. The standard InChI is InChI=1S/C29H36BrN7O3S/c1-4-5-6-7-8-16-37-27-23(26(35-37)34-28(38)21-18-32-41-19-21)17-24(30)25(33-27)20-10-12-22(13-11-20)40-29(39)31-14-9-15-36(2)3/h10-13,17-19H,4-9,14-16H2,1-3H3,(H,31,39)(H,34,35,38). The lowest BCUT2D eigenvalue weighted by Gasteiger charge is -2.11. The second-order valence-electron chi connectivity index (χ2n) is 10.0. The second kappa shape index (κ2) is 15.0. The molecule has 41 heavy (non-hydrogen) atoms. The second-order valence-corrected chi connectivity index (χ2v) is 11.6. The van der Waals surface area contributed by atoms with Crippen molar-refractivity contribution in [3.63, 3.8) is 0 Å². The third-order valence-corrected chi connectivity index (χ3v) is 7.66. The topological polar surface area (TPSA) is 114 Å². The summed E-state index contributed by atoms with van der Waals surface area (Å²) in [5.41, 5.74) is 2.76. The molecule has 0 saturated heterocycles. The lowest BCUT2D eigenvalue weighted by molar-refractivity contribution is 0.102. The monoisotopic (exact) mass is 641 g/mol. The summed E-state index contributed by atoms with van der Waals surface area (Å²) >= 11 is 4.90. The molecule has 2 amide bonds. The maximum Gasteiger partial charge on any atom is 0.412 e. The molecule has 3 heterocycles. The van der Waals surface area contributed by atoms with Crippen LogP contribution in [0.2, 0.25) is 0 Å². The minimum Gasteiger partial charge on any atom is -0.410 e. The van der Waals surface area contributed by atoms with Crippen LogP contribution in [0.5, 0.6) is 5.75 Å². The predicted octanol–water partition coefficient (Wildman–Crippen LogP) is 6.58. The number of aromatic nitrogens is 4. The van der Waals surface area contributed by atoms with Crippen molar-refractivity contribution in [2.75, 3.05) is 32.5 Å². The SMILES string of the molecule is CCCCCCCn1nc(NC(=O)c2cnsc2)c2cc(Br)c(-c3ccc(OC(=O)NCCCN(C)C)cc3)nc21. The fourth-order valence-electron chi connectivity index (χ4n) is 4.29. The number of halogens is 1. The van der Waals surface area contributed by atoms with E-state index in [0.717, 1.165) is 46.9 Å². The van der Waals surface area contributed by atoms with Crippen LogP contribution in [0, 0.1) is 0 Å². The highest BCUT2D eigenvalue weighted by Crippen LogP contribution is 2.34. The van der Waals surface area contributed by atoms with Gasteiger partial charge in [-0.25, -0.2) is 18.8 Å². The van der Waals surface area contributed by atoms with E-state index in [4.69, 9.17) is 14.8 Å². The van der Waals surface area contributed by atoms with Crippen molar-refractivity contribution in [3.8, 4) is 17.0 Å². The van der Waals surface area contributed by atoms with E-state index in [-0.39, 0.29) is 5.91 Å². The Hall–Kier alpha value is -3.35. The molecule has 0 aliphatic rings. The Bertz CT molecular complexity index is 1440. The van der Waals surface area contributed by atoms with Gasteiger partial charge in [0.15, 0.2) is 11.5 Å². The first-order valence-corrected chi connectivity index (χ1v) is 15.5. The Labute approximate surface area is 252 Å². The molecule has 2 N–H and O–H groups in total. The summed E-state index contributed by atoms with van der Waals surface area (Å²) in [6.07, 6.45) is 7.55.